The molecular weight excluding hydrogens is 458 g/mol. The number of ether oxygens (including phenoxy) is 1. The maximum absolute atomic E-state index is 12.9. The molecule has 0 aliphatic carbocycles. The lowest BCUT2D eigenvalue weighted by molar-refractivity contribution is -0.137. The molecule has 2 aromatic carbocycles. The summed E-state index contributed by atoms with van der Waals surface area (Å²) in [6.45, 7) is 4.13. The van der Waals surface area contributed by atoms with E-state index in [1.165, 1.54) is 23.9 Å². The first-order valence-electron chi connectivity index (χ1n) is 8.67. The Kier molecular flexibility index (Phi) is 7.33. The van der Waals surface area contributed by atoms with Crippen molar-refractivity contribution in [1.29, 1.82) is 0 Å². The van der Waals surface area contributed by atoms with Gasteiger partial charge in [0.15, 0.2) is 11.0 Å². The fraction of sp³-hybridized carbons (Fsp3) is 0.200. The number of benzene rings is 2. The predicted molar refractivity (Wildman–Crippen MR) is 112 cm³/mol. The molecule has 0 aliphatic rings. The molecule has 0 saturated heterocycles. The molecule has 1 heterocycles. The van der Waals surface area contributed by atoms with Gasteiger partial charge in [0, 0.05) is 12.3 Å². The highest BCUT2D eigenvalue weighted by Gasteiger charge is 2.30. The van der Waals surface area contributed by atoms with E-state index in [1.54, 1.807) is 22.8 Å². The number of alkyl halides is 3. The standard InChI is InChI=1S/C20H16Cl2F3N3OS/c1-2-8-28-18(11-29-15-5-3-4-14(10-15)20(23,24)25)26-27-19(28)30-12-13-6-7-16(21)17(22)9-13/h2-7,9-10H,1,8,11-12H2. The first-order chi connectivity index (χ1) is 14.3. The van der Waals surface area contributed by atoms with E-state index in [0.717, 1.165) is 17.7 Å². The van der Waals surface area contributed by atoms with E-state index in [-0.39, 0.29) is 12.4 Å². The first kappa shape index (κ1) is 22.5. The number of hydrogen-bond acceptors (Lipinski definition) is 4. The summed E-state index contributed by atoms with van der Waals surface area (Å²) >= 11 is 13.4. The van der Waals surface area contributed by atoms with Crippen molar-refractivity contribution in [3.8, 4) is 5.75 Å². The van der Waals surface area contributed by atoms with Gasteiger partial charge < -0.3 is 4.74 Å². The van der Waals surface area contributed by atoms with Gasteiger partial charge in [0.05, 0.1) is 15.6 Å². The summed E-state index contributed by atoms with van der Waals surface area (Å²) in [5, 5.41) is 9.86. The minimum atomic E-state index is -4.43. The van der Waals surface area contributed by atoms with Crippen LogP contribution < -0.4 is 4.74 Å². The molecular formula is C20H16Cl2F3N3OS. The van der Waals surface area contributed by atoms with Gasteiger partial charge >= 0.3 is 6.18 Å². The van der Waals surface area contributed by atoms with Crippen LogP contribution in [0.5, 0.6) is 5.75 Å². The smallest absolute Gasteiger partial charge is 0.416 e. The van der Waals surface area contributed by atoms with Crippen LogP contribution in [0.15, 0.2) is 60.3 Å². The Morgan fingerprint density at radius 1 is 1.10 bits per heavy atom. The second kappa shape index (κ2) is 9.76. The highest BCUT2D eigenvalue weighted by Crippen LogP contribution is 2.32. The second-order valence-corrected chi connectivity index (χ2v) is 7.91. The van der Waals surface area contributed by atoms with E-state index < -0.39 is 11.7 Å². The van der Waals surface area contributed by atoms with Crippen LogP contribution >= 0.6 is 35.0 Å². The SMILES string of the molecule is C=CCn1c(COc2cccc(C(F)(F)F)c2)nnc1SCc1ccc(Cl)c(Cl)c1. The van der Waals surface area contributed by atoms with Crippen molar-refractivity contribution in [3.05, 3.63) is 82.1 Å². The minimum absolute atomic E-state index is 0.0323. The Morgan fingerprint density at radius 3 is 2.60 bits per heavy atom. The molecule has 1 aromatic heterocycles. The zero-order chi connectivity index (χ0) is 21.7. The van der Waals surface area contributed by atoms with Crippen molar-refractivity contribution in [2.75, 3.05) is 0 Å². The fourth-order valence-corrected chi connectivity index (χ4v) is 3.76. The molecule has 0 spiro atoms. The van der Waals surface area contributed by atoms with Crippen molar-refractivity contribution in [1.82, 2.24) is 14.8 Å². The van der Waals surface area contributed by atoms with Crippen LogP contribution in [0.4, 0.5) is 13.2 Å². The van der Waals surface area contributed by atoms with E-state index in [0.29, 0.717) is 33.3 Å². The summed E-state index contributed by atoms with van der Waals surface area (Å²) < 4.78 is 45.9. The Balaban J connectivity index is 1.71. The number of halogens is 5. The van der Waals surface area contributed by atoms with Crippen LogP contribution in [0.3, 0.4) is 0 Å². The van der Waals surface area contributed by atoms with Crippen LogP contribution in [0, 0.1) is 0 Å². The Hall–Kier alpha value is -2.16. The molecule has 0 N–H and O–H groups in total. The Morgan fingerprint density at radius 2 is 1.90 bits per heavy atom. The molecule has 0 bridgehead atoms. The van der Waals surface area contributed by atoms with Gasteiger partial charge in [0.25, 0.3) is 0 Å². The van der Waals surface area contributed by atoms with Crippen LogP contribution in [0.2, 0.25) is 10.0 Å². The molecule has 0 aliphatic heterocycles. The normalized spacial score (nSPS) is 11.5. The average molecular weight is 474 g/mol. The molecule has 158 valence electrons. The molecule has 0 fully saturated rings. The van der Waals surface area contributed by atoms with Gasteiger partial charge in [-0.2, -0.15) is 13.2 Å². The third kappa shape index (κ3) is 5.71. The molecule has 0 atom stereocenters. The molecule has 10 heteroatoms. The molecule has 30 heavy (non-hydrogen) atoms. The zero-order valence-corrected chi connectivity index (χ0v) is 17.8. The van der Waals surface area contributed by atoms with Crippen LogP contribution in [0.1, 0.15) is 17.0 Å². The zero-order valence-electron chi connectivity index (χ0n) is 15.5. The highest BCUT2D eigenvalue weighted by molar-refractivity contribution is 7.98. The summed E-state index contributed by atoms with van der Waals surface area (Å²) in [4.78, 5) is 0. The monoisotopic (exact) mass is 473 g/mol. The first-order valence-corrected chi connectivity index (χ1v) is 10.4. The number of rotatable bonds is 8. The van der Waals surface area contributed by atoms with Crippen molar-refractivity contribution in [3.63, 3.8) is 0 Å². The lowest BCUT2D eigenvalue weighted by Gasteiger charge is -2.11. The molecule has 0 unspecified atom stereocenters. The van der Waals surface area contributed by atoms with E-state index >= 15 is 0 Å². The van der Waals surface area contributed by atoms with E-state index in [4.69, 9.17) is 27.9 Å². The van der Waals surface area contributed by atoms with Crippen molar-refractivity contribution >= 4 is 35.0 Å². The molecule has 3 aromatic rings. The Bertz CT molecular complexity index is 1040. The maximum Gasteiger partial charge on any atom is 0.416 e. The molecule has 0 amide bonds. The van der Waals surface area contributed by atoms with Crippen molar-refractivity contribution in [2.45, 2.75) is 30.2 Å². The predicted octanol–water partition coefficient (Wildman–Crippen LogP) is 6.66. The number of thioether (sulfide) groups is 1. The van der Waals surface area contributed by atoms with Crippen molar-refractivity contribution < 1.29 is 17.9 Å². The molecule has 0 radical (unpaired) electrons. The van der Waals surface area contributed by atoms with Gasteiger partial charge in [-0.3, -0.25) is 4.57 Å². The van der Waals surface area contributed by atoms with Gasteiger partial charge in [-0.25, -0.2) is 0 Å². The number of aromatic nitrogens is 3. The second-order valence-electron chi connectivity index (χ2n) is 6.15. The van der Waals surface area contributed by atoms with Gasteiger partial charge in [-0.1, -0.05) is 53.2 Å². The van der Waals surface area contributed by atoms with Crippen LogP contribution in [-0.2, 0) is 25.1 Å². The highest BCUT2D eigenvalue weighted by atomic mass is 35.5. The molecule has 4 nitrogen and oxygen atoms in total. The van der Waals surface area contributed by atoms with Gasteiger partial charge in [-0.15, -0.1) is 16.8 Å². The third-order valence-corrected chi connectivity index (χ3v) is 5.76. The van der Waals surface area contributed by atoms with E-state index in [9.17, 15) is 13.2 Å². The van der Waals surface area contributed by atoms with Crippen LogP contribution in [-0.4, -0.2) is 14.8 Å². The van der Waals surface area contributed by atoms with E-state index in [2.05, 4.69) is 16.8 Å². The molecule has 3 rings (SSSR count). The average Bonchev–Trinajstić information content (AvgIpc) is 3.09. The topological polar surface area (TPSA) is 39.9 Å². The van der Waals surface area contributed by atoms with Crippen LogP contribution in [0.25, 0.3) is 0 Å². The largest absolute Gasteiger partial charge is 0.486 e. The molecule has 0 saturated carbocycles. The van der Waals surface area contributed by atoms with Gasteiger partial charge in [0.1, 0.15) is 12.4 Å². The summed E-state index contributed by atoms with van der Waals surface area (Å²) in [6, 6.07) is 10.1. The minimum Gasteiger partial charge on any atom is -0.486 e. The summed E-state index contributed by atoms with van der Waals surface area (Å²) in [5.74, 6) is 1.16. The quantitative estimate of drug-likeness (QED) is 0.270. The summed E-state index contributed by atoms with van der Waals surface area (Å²) in [7, 11) is 0. The van der Waals surface area contributed by atoms with Gasteiger partial charge in [-0.05, 0) is 35.9 Å². The number of allylic oxidation sites excluding steroid dienone is 1. The van der Waals surface area contributed by atoms with Crippen molar-refractivity contribution in [2.24, 2.45) is 0 Å². The lowest BCUT2D eigenvalue weighted by Crippen LogP contribution is -2.08. The maximum atomic E-state index is 12.9. The van der Waals surface area contributed by atoms with Gasteiger partial charge in [0.2, 0.25) is 0 Å². The number of nitrogens with zero attached hydrogens (tertiary/aromatic N) is 3. The lowest BCUT2D eigenvalue weighted by atomic mass is 10.2. The number of hydrogen-bond donors (Lipinski definition) is 0. The van der Waals surface area contributed by atoms with E-state index in [1.807, 2.05) is 6.07 Å². The summed E-state index contributed by atoms with van der Waals surface area (Å²) in [6.07, 6.45) is -2.75. The fourth-order valence-electron chi connectivity index (χ4n) is 2.53. The third-order valence-electron chi connectivity index (χ3n) is 3.99. The Labute approximate surface area is 185 Å². The summed E-state index contributed by atoms with van der Waals surface area (Å²) in [5.41, 5.74) is 0.190.